The molecule has 0 aliphatic heterocycles. The molecule has 0 saturated carbocycles. The van der Waals surface area contributed by atoms with Crippen molar-refractivity contribution in [2.45, 2.75) is 0 Å². The van der Waals surface area contributed by atoms with Gasteiger partial charge in [-0.15, -0.1) is 0 Å². The Labute approximate surface area is 324 Å². The molecule has 12 rings (SSSR count). The van der Waals surface area contributed by atoms with Crippen molar-refractivity contribution in [3.63, 3.8) is 0 Å². The molecule has 0 atom stereocenters. The predicted molar refractivity (Wildman–Crippen MR) is 243 cm³/mol. The van der Waals surface area contributed by atoms with Crippen molar-refractivity contribution in [1.82, 2.24) is 0 Å². The van der Waals surface area contributed by atoms with Crippen molar-refractivity contribution in [3.8, 4) is 33.4 Å². The molecule has 12 aromatic rings. The molecule has 0 radical (unpaired) electrons. The summed E-state index contributed by atoms with van der Waals surface area (Å²) in [6.45, 7) is 0. The van der Waals surface area contributed by atoms with E-state index in [1.165, 1.54) is 120 Å². The molecule has 0 heterocycles. The largest absolute Gasteiger partial charge is 0.0622 e. The third kappa shape index (κ3) is 4.54. The predicted octanol–water partition coefficient (Wildman–Crippen LogP) is 15.9. The maximum Gasteiger partial charge on any atom is -0.00197 e. The Bertz CT molecular complexity index is 3570. The fourth-order valence-electron chi connectivity index (χ4n) is 9.74. The molecule has 0 unspecified atom stereocenters. The first-order chi connectivity index (χ1) is 27.8. The molecule has 0 nitrogen and oxygen atoms in total. The standard InChI is InChI=1S/C56H34/c1-2-14-35(15-3-1)38-30-31-49-52(32-38)56(51-34-40-29-27-37-17-5-7-19-42(37)54(40)46-23-11-9-21-44(46)51)48-25-13-12-24-47(48)55(49)50-33-39-28-26-36-16-4-6-18-41(36)53(39)45-22-10-8-20-43(45)50/h1-34H. The van der Waals surface area contributed by atoms with Gasteiger partial charge in [0.15, 0.2) is 0 Å². The van der Waals surface area contributed by atoms with Gasteiger partial charge in [-0.1, -0.05) is 188 Å². The lowest BCUT2D eigenvalue weighted by molar-refractivity contribution is 1.64. The molecule has 0 N–H and O–H groups in total. The molecule has 0 fully saturated rings. The van der Waals surface area contributed by atoms with Crippen LogP contribution in [0.1, 0.15) is 0 Å². The van der Waals surface area contributed by atoms with Gasteiger partial charge < -0.3 is 0 Å². The van der Waals surface area contributed by atoms with Crippen LogP contribution in [0.3, 0.4) is 0 Å². The van der Waals surface area contributed by atoms with Crippen LogP contribution in [0.25, 0.3) is 120 Å². The van der Waals surface area contributed by atoms with E-state index < -0.39 is 0 Å². The van der Waals surface area contributed by atoms with E-state index in [1.807, 2.05) is 0 Å². The van der Waals surface area contributed by atoms with E-state index in [1.54, 1.807) is 0 Å². The first-order valence-corrected chi connectivity index (χ1v) is 19.5. The van der Waals surface area contributed by atoms with Crippen LogP contribution in [-0.4, -0.2) is 0 Å². The molecule has 0 saturated heterocycles. The number of rotatable bonds is 3. The minimum absolute atomic E-state index is 1.21. The van der Waals surface area contributed by atoms with Gasteiger partial charge in [-0.3, -0.25) is 0 Å². The van der Waals surface area contributed by atoms with Crippen LogP contribution in [0.5, 0.6) is 0 Å². The lowest BCUT2D eigenvalue weighted by atomic mass is 9.81. The van der Waals surface area contributed by atoms with E-state index >= 15 is 0 Å². The highest BCUT2D eigenvalue weighted by molar-refractivity contribution is 6.31. The Morgan fingerprint density at radius 1 is 0.196 bits per heavy atom. The zero-order valence-electron chi connectivity index (χ0n) is 30.6. The normalized spacial score (nSPS) is 11.9. The van der Waals surface area contributed by atoms with Crippen molar-refractivity contribution < 1.29 is 0 Å². The average Bonchev–Trinajstić information content (AvgIpc) is 3.27. The SMILES string of the molecule is c1ccc(-c2ccc3c(-c4cc5ccc6ccccc6c5c5ccccc45)c4ccccc4c(-c4cc5ccc6ccccc6c5c5ccccc45)c3c2)cc1. The Hall–Kier alpha value is -7.28. The molecule has 258 valence electrons. The molecule has 12 aromatic carbocycles. The maximum atomic E-state index is 2.46. The second-order valence-electron chi connectivity index (χ2n) is 15.1. The average molecular weight is 707 g/mol. The van der Waals surface area contributed by atoms with Crippen LogP contribution in [0.15, 0.2) is 206 Å². The van der Waals surface area contributed by atoms with Crippen LogP contribution in [0.2, 0.25) is 0 Å². The summed E-state index contributed by atoms with van der Waals surface area (Å²) in [4.78, 5) is 0. The summed E-state index contributed by atoms with van der Waals surface area (Å²) in [5, 5.41) is 20.4. The summed E-state index contributed by atoms with van der Waals surface area (Å²) < 4.78 is 0. The van der Waals surface area contributed by atoms with E-state index in [0.29, 0.717) is 0 Å². The quantitative estimate of drug-likeness (QED) is 0.127. The van der Waals surface area contributed by atoms with Crippen molar-refractivity contribution in [1.29, 1.82) is 0 Å². The summed E-state index contributed by atoms with van der Waals surface area (Å²) in [6, 6.07) is 76.8. The molecule has 0 amide bonds. The van der Waals surface area contributed by atoms with Gasteiger partial charge in [0, 0.05) is 0 Å². The molecular formula is C56H34. The molecule has 56 heavy (non-hydrogen) atoms. The Kier molecular flexibility index (Phi) is 6.73. The Morgan fingerprint density at radius 2 is 0.589 bits per heavy atom. The smallest absolute Gasteiger partial charge is 0.00197 e. The monoisotopic (exact) mass is 706 g/mol. The van der Waals surface area contributed by atoms with E-state index in [2.05, 4.69) is 206 Å². The number of benzene rings is 12. The van der Waals surface area contributed by atoms with Gasteiger partial charge in [0.05, 0.1) is 0 Å². The van der Waals surface area contributed by atoms with Crippen molar-refractivity contribution in [3.05, 3.63) is 206 Å². The van der Waals surface area contributed by atoms with Gasteiger partial charge in [-0.25, -0.2) is 0 Å². The molecule has 0 aliphatic carbocycles. The fourth-order valence-corrected chi connectivity index (χ4v) is 9.74. The third-order valence-corrected chi connectivity index (χ3v) is 12.2. The zero-order chi connectivity index (χ0) is 36.7. The van der Waals surface area contributed by atoms with E-state index in [-0.39, 0.29) is 0 Å². The highest BCUT2D eigenvalue weighted by Crippen LogP contribution is 2.50. The lowest BCUT2D eigenvalue weighted by Crippen LogP contribution is -1.94. The van der Waals surface area contributed by atoms with Gasteiger partial charge >= 0.3 is 0 Å². The van der Waals surface area contributed by atoms with Gasteiger partial charge in [-0.2, -0.15) is 0 Å². The van der Waals surface area contributed by atoms with Crippen LogP contribution in [0, 0.1) is 0 Å². The van der Waals surface area contributed by atoms with Crippen molar-refractivity contribution >= 4 is 86.2 Å². The van der Waals surface area contributed by atoms with Crippen molar-refractivity contribution in [2.75, 3.05) is 0 Å². The summed E-state index contributed by atoms with van der Waals surface area (Å²) >= 11 is 0. The van der Waals surface area contributed by atoms with Crippen LogP contribution < -0.4 is 0 Å². The Balaban J connectivity index is 1.27. The summed E-state index contributed by atoms with van der Waals surface area (Å²) in [6.07, 6.45) is 0. The fraction of sp³-hybridized carbons (Fsp3) is 0. The van der Waals surface area contributed by atoms with Gasteiger partial charge in [-0.05, 0) is 138 Å². The van der Waals surface area contributed by atoms with Crippen LogP contribution in [0.4, 0.5) is 0 Å². The van der Waals surface area contributed by atoms with Gasteiger partial charge in [0.2, 0.25) is 0 Å². The maximum absolute atomic E-state index is 2.46. The van der Waals surface area contributed by atoms with E-state index in [4.69, 9.17) is 0 Å². The molecule has 0 aliphatic rings. The van der Waals surface area contributed by atoms with Crippen LogP contribution in [-0.2, 0) is 0 Å². The Morgan fingerprint density at radius 3 is 1.12 bits per heavy atom. The molecule has 0 aromatic heterocycles. The zero-order valence-corrected chi connectivity index (χ0v) is 30.6. The minimum atomic E-state index is 1.21. The highest BCUT2D eigenvalue weighted by Gasteiger charge is 2.22. The second kappa shape index (κ2) is 12.1. The lowest BCUT2D eigenvalue weighted by Gasteiger charge is -2.22. The number of hydrogen-bond acceptors (Lipinski definition) is 0. The summed E-state index contributed by atoms with van der Waals surface area (Å²) in [7, 11) is 0. The molecule has 0 spiro atoms. The summed E-state index contributed by atoms with van der Waals surface area (Å²) in [5.41, 5.74) is 7.51. The van der Waals surface area contributed by atoms with Crippen molar-refractivity contribution in [2.24, 2.45) is 0 Å². The van der Waals surface area contributed by atoms with Gasteiger partial charge in [0.25, 0.3) is 0 Å². The number of hydrogen-bond donors (Lipinski definition) is 0. The van der Waals surface area contributed by atoms with Crippen LogP contribution >= 0.6 is 0 Å². The molecular weight excluding hydrogens is 673 g/mol. The third-order valence-electron chi connectivity index (χ3n) is 12.2. The van der Waals surface area contributed by atoms with E-state index in [9.17, 15) is 0 Å². The van der Waals surface area contributed by atoms with E-state index in [0.717, 1.165) is 0 Å². The first kappa shape index (κ1) is 31.1. The molecule has 0 bridgehead atoms. The number of fused-ring (bicyclic) bond motifs is 12. The summed E-state index contributed by atoms with van der Waals surface area (Å²) in [5.74, 6) is 0. The minimum Gasteiger partial charge on any atom is -0.0622 e. The second-order valence-corrected chi connectivity index (χ2v) is 15.1. The topological polar surface area (TPSA) is 0 Å². The first-order valence-electron chi connectivity index (χ1n) is 19.5. The molecule has 0 heteroatoms. The van der Waals surface area contributed by atoms with Gasteiger partial charge in [0.1, 0.15) is 0 Å². The highest BCUT2D eigenvalue weighted by atomic mass is 14.2.